The van der Waals surface area contributed by atoms with E-state index in [-0.39, 0.29) is 5.92 Å². The van der Waals surface area contributed by atoms with E-state index in [9.17, 15) is 0 Å². The third-order valence-corrected chi connectivity index (χ3v) is 6.62. The molecule has 3 aromatic heterocycles. The summed E-state index contributed by atoms with van der Waals surface area (Å²) in [4.78, 5) is 10.6. The first-order valence-electron chi connectivity index (χ1n) is 12.8. The smallest absolute Gasteiger partial charge is 0.248 e. The number of anilines is 1. The summed E-state index contributed by atoms with van der Waals surface area (Å²) < 4.78 is 8.03. The van der Waals surface area contributed by atoms with Crippen LogP contribution in [0, 0.1) is 17.2 Å². The Morgan fingerprint density at radius 2 is 2.08 bits per heavy atom. The Hall–Kier alpha value is -3.63. The Balaban J connectivity index is 0.000000367. The second kappa shape index (κ2) is 15.5. The van der Waals surface area contributed by atoms with Crippen LogP contribution in [-0.2, 0) is 13.5 Å². The van der Waals surface area contributed by atoms with Gasteiger partial charge in [-0.05, 0) is 69.2 Å². The van der Waals surface area contributed by atoms with Gasteiger partial charge in [-0.2, -0.15) is 10.2 Å². The normalized spacial score (nSPS) is 15.1. The van der Waals surface area contributed by atoms with Crippen LogP contribution in [0.5, 0.6) is 5.88 Å². The third-order valence-electron chi connectivity index (χ3n) is 5.73. The van der Waals surface area contributed by atoms with Crippen LogP contribution >= 0.6 is 11.3 Å². The quantitative estimate of drug-likeness (QED) is 0.252. The van der Waals surface area contributed by atoms with Crippen molar-refractivity contribution in [2.45, 2.75) is 60.8 Å². The Kier molecular flexibility index (Phi) is 12.4. The summed E-state index contributed by atoms with van der Waals surface area (Å²) in [5.74, 6) is 1.80. The maximum Gasteiger partial charge on any atom is 0.248 e. The lowest BCUT2D eigenvalue weighted by Gasteiger charge is -2.14. The summed E-state index contributed by atoms with van der Waals surface area (Å²) in [6.45, 7) is 12.2. The summed E-state index contributed by atoms with van der Waals surface area (Å²) in [6.07, 6.45) is 14.7. The van der Waals surface area contributed by atoms with Gasteiger partial charge in [-0.3, -0.25) is 0 Å². The zero-order valence-corrected chi connectivity index (χ0v) is 23.9. The Bertz CT molecular complexity index is 1290. The molecule has 4 rings (SSSR count). The number of aryl methyl sites for hydroxylation is 1. The standard InChI is InChI=1S/C20H23N5O.C8H10S.C2H6/c1-5-13(2)14(3)26-19-18-17(10-11-25(18)4)23-20(24-19)22-16-8-6-15(12-21)7-9-16;1-2-3-5-8-6-4-7-9-8;1-2/h6,8-11,15H,5,7H2,1-4H3,(H,22,23,24);2-4,6-7H,5H2,1H3;1-2H3/b14-13+;3-2+;. The zero-order chi connectivity index (χ0) is 27.2. The van der Waals surface area contributed by atoms with E-state index < -0.39 is 0 Å². The van der Waals surface area contributed by atoms with Gasteiger partial charge in [-0.15, -0.1) is 11.3 Å². The lowest BCUT2D eigenvalue weighted by atomic mass is 10.0. The number of ether oxygens (including phenoxy) is 1. The van der Waals surface area contributed by atoms with Crippen LogP contribution in [0.3, 0.4) is 0 Å². The predicted molar refractivity (Wildman–Crippen MR) is 157 cm³/mol. The number of nitrogens with zero attached hydrogens (tertiary/aromatic N) is 4. The number of nitriles is 1. The van der Waals surface area contributed by atoms with Crippen LogP contribution in [0.4, 0.5) is 5.95 Å². The van der Waals surface area contributed by atoms with Crippen LogP contribution in [0.15, 0.2) is 77.2 Å². The van der Waals surface area contributed by atoms with Crippen LogP contribution in [0.25, 0.3) is 11.0 Å². The molecule has 196 valence electrons. The monoisotopic (exact) mass is 517 g/mol. The molecule has 3 aromatic rings. The molecule has 1 aliphatic rings. The van der Waals surface area contributed by atoms with E-state index in [1.807, 2.05) is 81.1 Å². The minimum absolute atomic E-state index is 0.0678. The molecule has 0 fully saturated rings. The summed E-state index contributed by atoms with van der Waals surface area (Å²) in [7, 11) is 1.95. The number of aromatic nitrogens is 3. The van der Waals surface area contributed by atoms with Gasteiger partial charge in [0.2, 0.25) is 11.8 Å². The fraction of sp³-hybridized carbons (Fsp3) is 0.367. The molecule has 6 nitrogen and oxygen atoms in total. The predicted octanol–water partition coefficient (Wildman–Crippen LogP) is 8.34. The molecule has 0 radical (unpaired) electrons. The van der Waals surface area contributed by atoms with E-state index in [0.29, 0.717) is 18.2 Å². The molecule has 0 aromatic carbocycles. The van der Waals surface area contributed by atoms with Gasteiger partial charge in [-0.25, -0.2) is 4.98 Å². The van der Waals surface area contributed by atoms with Crippen molar-refractivity contribution in [2.75, 3.05) is 5.32 Å². The highest BCUT2D eigenvalue weighted by Gasteiger charge is 2.15. The summed E-state index contributed by atoms with van der Waals surface area (Å²) >= 11 is 1.81. The molecule has 1 aliphatic carbocycles. The Morgan fingerprint density at radius 1 is 1.30 bits per heavy atom. The van der Waals surface area contributed by atoms with E-state index in [1.165, 1.54) is 10.5 Å². The highest BCUT2D eigenvalue weighted by molar-refractivity contribution is 7.09. The van der Waals surface area contributed by atoms with Crippen molar-refractivity contribution in [3.05, 3.63) is 82.1 Å². The molecule has 1 unspecified atom stereocenters. The topological polar surface area (TPSA) is 75.8 Å². The molecule has 0 saturated carbocycles. The van der Waals surface area contributed by atoms with Crippen molar-refractivity contribution < 1.29 is 4.74 Å². The molecule has 7 heteroatoms. The summed E-state index contributed by atoms with van der Waals surface area (Å²) in [5, 5.41) is 14.3. The molecule has 37 heavy (non-hydrogen) atoms. The van der Waals surface area contributed by atoms with Crippen LogP contribution in [-0.4, -0.2) is 14.5 Å². The first kappa shape index (κ1) is 29.6. The maximum atomic E-state index is 8.97. The largest absolute Gasteiger partial charge is 0.442 e. The second-order valence-corrected chi connectivity index (χ2v) is 9.30. The van der Waals surface area contributed by atoms with Crippen LogP contribution in [0.2, 0.25) is 0 Å². The van der Waals surface area contributed by atoms with Gasteiger partial charge in [0.25, 0.3) is 0 Å². The molecule has 0 amide bonds. The molecule has 0 saturated heterocycles. The molecule has 0 bridgehead atoms. The molecule has 0 spiro atoms. The highest BCUT2D eigenvalue weighted by atomic mass is 32.1. The zero-order valence-electron chi connectivity index (χ0n) is 23.1. The van der Waals surface area contributed by atoms with Gasteiger partial charge in [0.15, 0.2) is 0 Å². The van der Waals surface area contributed by atoms with Crippen molar-refractivity contribution in [1.82, 2.24) is 14.5 Å². The lowest BCUT2D eigenvalue weighted by molar-refractivity contribution is 0.406. The Morgan fingerprint density at radius 3 is 2.68 bits per heavy atom. The van der Waals surface area contributed by atoms with Gasteiger partial charge in [0.05, 0.1) is 17.5 Å². The van der Waals surface area contributed by atoms with Crippen molar-refractivity contribution in [2.24, 2.45) is 13.0 Å². The van der Waals surface area contributed by atoms with Crippen LogP contribution in [0.1, 0.15) is 59.3 Å². The van der Waals surface area contributed by atoms with Gasteiger partial charge in [0, 0.05) is 23.8 Å². The SMILES string of the molecule is C/C=C/Cc1cccs1.CC.CC/C(C)=C(\C)Oc1nc(NC2=CCC(C#N)C=C2)nc2ccn(C)c12. The number of allylic oxidation sites excluding steroid dienone is 7. The minimum atomic E-state index is -0.0678. The molecule has 1 N–H and O–H groups in total. The number of hydrogen-bond donors (Lipinski definition) is 1. The summed E-state index contributed by atoms with van der Waals surface area (Å²) in [6, 6.07) is 8.43. The van der Waals surface area contributed by atoms with Crippen LogP contribution < -0.4 is 10.1 Å². The van der Waals surface area contributed by atoms with E-state index in [4.69, 9.17) is 10.00 Å². The number of nitrogens with one attached hydrogen (secondary N) is 1. The highest BCUT2D eigenvalue weighted by Crippen LogP contribution is 2.28. The van der Waals surface area contributed by atoms with E-state index in [0.717, 1.165) is 35.3 Å². The van der Waals surface area contributed by atoms with Gasteiger partial charge in [-0.1, -0.05) is 51.1 Å². The van der Waals surface area contributed by atoms with Crippen molar-refractivity contribution in [3.63, 3.8) is 0 Å². The first-order valence-corrected chi connectivity index (χ1v) is 13.7. The third kappa shape index (κ3) is 8.76. The molecular weight excluding hydrogens is 478 g/mol. The molecular formula is C30H39N5OS. The van der Waals surface area contributed by atoms with Gasteiger partial charge in [0.1, 0.15) is 11.3 Å². The average Bonchev–Trinajstić information content (AvgIpc) is 3.59. The number of thiophene rings is 1. The second-order valence-electron chi connectivity index (χ2n) is 8.27. The molecule has 0 aliphatic heterocycles. The summed E-state index contributed by atoms with van der Waals surface area (Å²) in [5.41, 5.74) is 3.74. The lowest BCUT2D eigenvalue weighted by Crippen LogP contribution is -2.08. The Labute approximate surface area is 225 Å². The van der Waals surface area contributed by atoms with Crippen molar-refractivity contribution >= 4 is 28.3 Å². The van der Waals surface area contributed by atoms with E-state index in [2.05, 4.69) is 64.9 Å². The van der Waals surface area contributed by atoms with Gasteiger partial charge >= 0.3 is 0 Å². The fourth-order valence-corrected chi connectivity index (χ4v) is 4.05. The number of fused-ring (bicyclic) bond motifs is 1. The van der Waals surface area contributed by atoms with Crippen molar-refractivity contribution in [1.29, 1.82) is 5.26 Å². The van der Waals surface area contributed by atoms with Gasteiger partial charge < -0.3 is 14.6 Å². The van der Waals surface area contributed by atoms with Crippen molar-refractivity contribution in [3.8, 4) is 11.9 Å². The van der Waals surface area contributed by atoms with E-state index >= 15 is 0 Å². The number of hydrogen-bond acceptors (Lipinski definition) is 6. The first-order chi connectivity index (χ1) is 17.9. The molecule has 3 heterocycles. The van der Waals surface area contributed by atoms with E-state index in [1.54, 1.807) is 0 Å². The maximum absolute atomic E-state index is 8.97. The minimum Gasteiger partial charge on any atom is -0.442 e. The number of rotatable bonds is 7. The molecule has 1 atom stereocenters. The fourth-order valence-electron chi connectivity index (χ4n) is 3.36. The average molecular weight is 518 g/mol.